The van der Waals surface area contributed by atoms with Crippen LogP contribution in [0.1, 0.15) is 30.9 Å². The molecule has 3 aromatic rings. The first-order valence-electron chi connectivity index (χ1n) is 9.49. The molecule has 0 amide bonds. The molecule has 0 radical (unpaired) electrons. The number of esters is 1. The SMILES string of the molecule is Cc1ccc(N2C[C@H]3[C@H](C(=O)OC3(C)C)c3c2oc2ccccc2c3=O)cc1. The number of fused-ring (bicyclic) bond motifs is 4. The second kappa shape index (κ2) is 5.71. The van der Waals surface area contributed by atoms with Crippen LogP contribution in [0.25, 0.3) is 11.0 Å². The van der Waals surface area contributed by atoms with Crippen molar-refractivity contribution in [3.8, 4) is 0 Å². The second-order valence-electron chi connectivity index (χ2n) is 8.20. The molecule has 0 spiro atoms. The molecule has 5 nitrogen and oxygen atoms in total. The average molecular weight is 375 g/mol. The molecule has 5 heteroatoms. The third-order valence-corrected chi connectivity index (χ3v) is 6.01. The van der Waals surface area contributed by atoms with E-state index in [2.05, 4.69) is 0 Å². The summed E-state index contributed by atoms with van der Waals surface area (Å²) in [5, 5.41) is 0.489. The van der Waals surface area contributed by atoms with Crippen molar-refractivity contribution in [1.29, 1.82) is 0 Å². The largest absolute Gasteiger partial charge is 0.459 e. The Labute approximate surface area is 162 Å². The normalized spacial score (nSPS) is 22.7. The third kappa shape index (κ3) is 2.32. The molecule has 1 fully saturated rings. The summed E-state index contributed by atoms with van der Waals surface area (Å²) in [5.41, 5.74) is 2.20. The molecular formula is C23H21NO4. The van der Waals surface area contributed by atoms with Crippen molar-refractivity contribution in [2.24, 2.45) is 5.92 Å². The van der Waals surface area contributed by atoms with Gasteiger partial charge in [0.15, 0.2) is 5.43 Å². The molecule has 1 saturated heterocycles. The number of aryl methyl sites for hydroxylation is 1. The molecule has 2 aliphatic rings. The van der Waals surface area contributed by atoms with Gasteiger partial charge in [-0.05, 0) is 45.0 Å². The van der Waals surface area contributed by atoms with Gasteiger partial charge in [0, 0.05) is 18.2 Å². The summed E-state index contributed by atoms with van der Waals surface area (Å²) in [5.74, 6) is -0.642. The van der Waals surface area contributed by atoms with Gasteiger partial charge in [-0.3, -0.25) is 9.59 Å². The van der Waals surface area contributed by atoms with E-state index in [0.29, 0.717) is 29.0 Å². The number of rotatable bonds is 1. The smallest absolute Gasteiger partial charge is 0.314 e. The molecule has 5 rings (SSSR count). The summed E-state index contributed by atoms with van der Waals surface area (Å²) in [4.78, 5) is 28.2. The van der Waals surface area contributed by atoms with Crippen LogP contribution in [-0.2, 0) is 9.53 Å². The molecule has 3 heterocycles. The number of benzene rings is 2. The zero-order valence-corrected chi connectivity index (χ0v) is 16.1. The van der Waals surface area contributed by atoms with Crippen LogP contribution in [0.15, 0.2) is 57.7 Å². The summed E-state index contributed by atoms with van der Waals surface area (Å²) in [7, 11) is 0. The third-order valence-electron chi connectivity index (χ3n) is 6.01. The van der Waals surface area contributed by atoms with Crippen LogP contribution in [-0.4, -0.2) is 18.1 Å². The second-order valence-corrected chi connectivity index (χ2v) is 8.20. The van der Waals surface area contributed by atoms with Gasteiger partial charge in [0.1, 0.15) is 11.2 Å². The highest BCUT2D eigenvalue weighted by Crippen LogP contribution is 2.50. The summed E-state index contributed by atoms with van der Waals surface area (Å²) >= 11 is 0. The fraction of sp³-hybridized carbons (Fsp3) is 0.304. The first kappa shape index (κ1) is 17.0. The van der Waals surface area contributed by atoms with Gasteiger partial charge in [0.2, 0.25) is 5.88 Å². The molecular weight excluding hydrogens is 354 g/mol. The summed E-state index contributed by atoms with van der Waals surface area (Å²) in [6, 6.07) is 15.3. The summed E-state index contributed by atoms with van der Waals surface area (Å²) in [6.45, 7) is 6.40. The molecule has 0 saturated carbocycles. The van der Waals surface area contributed by atoms with Crippen LogP contribution in [0.5, 0.6) is 0 Å². The molecule has 0 bridgehead atoms. The Morgan fingerprint density at radius 3 is 2.50 bits per heavy atom. The lowest BCUT2D eigenvalue weighted by Crippen LogP contribution is -2.43. The van der Waals surface area contributed by atoms with E-state index in [9.17, 15) is 9.59 Å². The van der Waals surface area contributed by atoms with Gasteiger partial charge in [-0.1, -0.05) is 29.8 Å². The molecule has 142 valence electrons. The van der Waals surface area contributed by atoms with Gasteiger partial charge >= 0.3 is 5.97 Å². The van der Waals surface area contributed by atoms with Crippen LogP contribution >= 0.6 is 0 Å². The van der Waals surface area contributed by atoms with Crippen LogP contribution < -0.4 is 10.3 Å². The van der Waals surface area contributed by atoms with Crippen molar-refractivity contribution in [2.75, 3.05) is 11.4 Å². The summed E-state index contributed by atoms with van der Waals surface area (Å²) < 4.78 is 11.9. The van der Waals surface area contributed by atoms with Crippen molar-refractivity contribution >= 4 is 28.5 Å². The lowest BCUT2D eigenvalue weighted by Gasteiger charge is -2.38. The zero-order valence-electron chi connectivity index (χ0n) is 16.1. The van der Waals surface area contributed by atoms with E-state index < -0.39 is 11.5 Å². The Kier molecular flexibility index (Phi) is 3.48. The van der Waals surface area contributed by atoms with Crippen LogP contribution in [0.2, 0.25) is 0 Å². The number of hydrogen-bond acceptors (Lipinski definition) is 5. The van der Waals surface area contributed by atoms with Crippen LogP contribution in [0, 0.1) is 12.8 Å². The monoisotopic (exact) mass is 375 g/mol. The summed E-state index contributed by atoms with van der Waals surface area (Å²) in [6.07, 6.45) is 0. The fourth-order valence-electron chi connectivity index (χ4n) is 4.45. The van der Waals surface area contributed by atoms with E-state index in [0.717, 1.165) is 11.3 Å². The molecule has 2 aliphatic heterocycles. The highest BCUT2D eigenvalue weighted by molar-refractivity contribution is 5.89. The Morgan fingerprint density at radius 1 is 1.04 bits per heavy atom. The van der Waals surface area contributed by atoms with Gasteiger partial charge in [0.05, 0.1) is 16.9 Å². The Hall–Kier alpha value is -3.08. The van der Waals surface area contributed by atoms with Gasteiger partial charge in [0.25, 0.3) is 0 Å². The lowest BCUT2D eigenvalue weighted by molar-refractivity contribution is -0.147. The van der Waals surface area contributed by atoms with Crippen LogP contribution in [0.3, 0.4) is 0 Å². The minimum Gasteiger partial charge on any atom is -0.459 e. The van der Waals surface area contributed by atoms with Crippen LogP contribution in [0.4, 0.5) is 11.6 Å². The predicted molar refractivity (Wildman–Crippen MR) is 107 cm³/mol. The number of para-hydroxylation sites is 1. The van der Waals surface area contributed by atoms with Gasteiger partial charge in [-0.2, -0.15) is 0 Å². The van der Waals surface area contributed by atoms with Crippen molar-refractivity contribution in [2.45, 2.75) is 32.3 Å². The van der Waals surface area contributed by atoms with Crippen molar-refractivity contribution in [3.05, 3.63) is 69.9 Å². The number of ether oxygens (including phenoxy) is 1. The Morgan fingerprint density at radius 2 is 1.75 bits per heavy atom. The number of cyclic esters (lactones) is 1. The van der Waals surface area contributed by atoms with Gasteiger partial charge in [-0.15, -0.1) is 0 Å². The maximum atomic E-state index is 13.4. The molecule has 2 aromatic carbocycles. The molecule has 1 aromatic heterocycles. The Bertz CT molecular complexity index is 1160. The standard InChI is InChI=1S/C23H21NO4/c1-13-8-10-14(11-9-13)24-12-16-18(22(26)28-23(16,2)3)19-20(25)15-6-4-5-7-17(15)27-21(19)24/h4-11,16,18H,12H2,1-3H3/t16-,18-/m0/s1. The highest BCUT2D eigenvalue weighted by Gasteiger charge is 2.56. The van der Waals surface area contributed by atoms with E-state index in [4.69, 9.17) is 9.15 Å². The van der Waals surface area contributed by atoms with Gasteiger partial charge < -0.3 is 14.1 Å². The Balaban J connectivity index is 1.82. The topological polar surface area (TPSA) is 59.8 Å². The fourth-order valence-corrected chi connectivity index (χ4v) is 4.45. The van der Waals surface area contributed by atoms with Crippen molar-refractivity contribution in [3.63, 3.8) is 0 Å². The molecule has 0 aliphatic carbocycles. The molecule has 0 N–H and O–H groups in total. The molecule has 2 atom stereocenters. The van der Waals surface area contributed by atoms with E-state index in [-0.39, 0.29) is 17.3 Å². The number of carbonyl (C=O) groups is 1. The maximum Gasteiger partial charge on any atom is 0.314 e. The number of hydrogen-bond donors (Lipinski definition) is 0. The van der Waals surface area contributed by atoms with Gasteiger partial charge in [-0.25, -0.2) is 0 Å². The number of nitrogens with zero attached hydrogens (tertiary/aromatic N) is 1. The maximum absolute atomic E-state index is 13.4. The zero-order chi connectivity index (χ0) is 19.6. The van der Waals surface area contributed by atoms with E-state index in [1.54, 1.807) is 18.2 Å². The number of carbonyl (C=O) groups excluding carboxylic acids is 1. The first-order chi connectivity index (χ1) is 13.4. The average Bonchev–Trinajstić information content (AvgIpc) is 2.90. The van der Waals surface area contributed by atoms with E-state index in [1.165, 1.54) is 0 Å². The van der Waals surface area contributed by atoms with Crippen molar-refractivity contribution < 1.29 is 13.9 Å². The molecule has 0 unspecified atom stereocenters. The number of anilines is 2. The minimum atomic E-state index is -0.652. The predicted octanol–water partition coefficient (Wildman–Crippen LogP) is 4.29. The van der Waals surface area contributed by atoms with Crippen molar-refractivity contribution in [1.82, 2.24) is 0 Å². The van der Waals surface area contributed by atoms with E-state index in [1.807, 2.05) is 56.0 Å². The van der Waals surface area contributed by atoms with E-state index >= 15 is 0 Å². The quantitative estimate of drug-likeness (QED) is 0.594. The first-order valence-corrected chi connectivity index (χ1v) is 9.49. The lowest BCUT2D eigenvalue weighted by atomic mass is 9.76. The molecule has 28 heavy (non-hydrogen) atoms. The highest BCUT2D eigenvalue weighted by atomic mass is 16.6. The minimum absolute atomic E-state index is 0.141.